The van der Waals surface area contributed by atoms with Crippen LogP contribution in [0, 0.1) is 0 Å². The number of amides is 3. The third kappa shape index (κ3) is 2.56. The lowest BCUT2D eigenvalue weighted by Gasteiger charge is -2.22. The van der Waals surface area contributed by atoms with Gasteiger partial charge in [-0.15, -0.1) is 0 Å². The molecule has 0 aliphatic heterocycles. The normalized spacial score (nSPS) is 10.8. The van der Waals surface area contributed by atoms with Crippen LogP contribution in [0.3, 0.4) is 0 Å². The lowest BCUT2D eigenvalue weighted by molar-refractivity contribution is -0.124. The molecule has 4 heteroatoms. The van der Waals surface area contributed by atoms with E-state index >= 15 is 0 Å². The van der Waals surface area contributed by atoms with Crippen LogP contribution >= 0.6 is 0 Å². The van der Waals surface area contributed by atoms with E-state index in [-0.39, 0.29) is 0 Å². The molecule has 0 unspecified atom stereocenters. The molecule has 0 saturated carbocycles. The Bertz CT molecular complexity index is 371. The minimum absolute atomic E-state index is 0.402. The molecule has 0 radical (unpaired) electrons. The standard InChI is InChI=1S/C11H14N2O2/c1-11(2,9(14)13-10(12)15)8-6-4-3-5-7-8/h3-7H,1-2H3,(H3,12,13,14,15). The Morgan fingerprint density at radius 3 is 2.20 bits per heavy atom. The molecule has 3 amide bonds. The number of urea groups is 1. The number of rotatable bonds is 2. The summed E-state index contributed by atoms with van der Waals surface area (Å²) in [4.78, 5) is 22.2. The predicted octanol–water partition coefficient (Wildman–Crippen LogP) is 1.16. The van der Waals surface area contributed by atoms with Crippen molar-refractivity contribution in [3.8, 4) is 0 Å². The Kier molecular flexibility index (Phi) is 3.09. The number of primary amides is 1. The van der Waals surface area contributed by atoms with Crippen LogP contribution in [0.4, 0.5) is 4.79 Å². The molecule has 15 heavy (non-hydrogen) atoms. The number of carbonyl (C=O) groups is 2. The van der Waals surface area contributed by atoms with Crippen molar-refractivity contribution in [1.29, 1.82) is 0 Å². The molecule has 80 valence electrons. The number of imide groups is 1. The first-order valence-electron chi connectivity index (χ1n) is 4.61. The molecule has 0 aliphatic rings. The molecule has 0 fully saturated rings. The molecule has 1 aromatic carbocycles. The van der Waals surface area contributed by atoms with Gasteiger partial charge >= 0.3 is 6.03 Å². The van der Waals surface area contributed by atoms with Crippen LogP contribution < -0.4 is 11.1 Å². The third-order valence-corrected chi connectivity index (χ3v) is 2.30. The highest BCUT2D eigenvalue weighted by Gasteiger charge is 2.30. The zero-order chi connectivity index (χ0) is 11.5. The molecule has 0 heterocycles. The molecule has 3 N–H and O–H groups in total. The van der Waals surface area contributed by atoms with Crippen molar-refractivity contribution in [3.05, 3.63) is 35.9 Å². The summed E-state index contributed by atoms with van der Waals surface area (Å²) in [7, 11) is 0. The molecule has 1 aromatic rings. The Hall–Kier alpha value is -1.84. The first kappa shape index (κ1) is 11.2. The van der Waals surface area contributed by atoms with Gasteiger partial charge in [0, 0.05) is 0 Å². The number of nitrogens with two attached hydrogens (primary N) is 1. The third-order valence-electron chi connectivity index (χ3n) is 2.30. The van der Waals surface area contributed by atoms with Crippen molar-refractivity contribution >= 4 is 11.9 Å². The van der Waals surface area contributed by atoms with Crippen LogP contribution in [0.5, 0.6) is 0 Å². The average Bonchev–Trinajstić information content (AvgIpc) is 2.18. The number of carbonyl (C=O) groups excluding carboxylic acids is 2. The second kappa shape index (κ2) is 4.13. The van der Waals surface area contributed by atoms with Gasteiger partial charge in [0.2, 0.25) is 5.91 Å². The lowest BCUT2D eigenvalue weighted by atomic mass is 9.84. The van der Waals surface area contributed by atoms with Gasteiger partial charge in [-0.2, -0.15) is 0 Å². The van der Waals surface area contributed by atoms with Crippen LogP contribution in [0.1, 0.15) is 19.4 Å². The molecule has 0 aliphatic carbocycles. The van der Waals surface area contributed by atoms with E-state index in [0.29, 0.717) is 0 Å². The summed E-state index contributed by atoms with van der Waals surface area (Å²) in [6.45, 7) is 3.47. The maximum absolute atomic E-state index is 11.7. The quantitative estimate of drug-likeness (QED) is 0.762. The smallest absolute Gasteiger partial charge is 0.318 e. The van der Waals surface area contributed by atoms with E-state index in [4.69, 9.17) is 5.73 Å². The van der Waals surface area contributed by atoms with Crippen LogP contribution in [0.25, 0.3) is 0 Å². The van der Waals surface area contributed by atoms with E-state index < -0.39 is 17.4 Å². The van der Waals surface area contributed by atoms with Gasteiger partial charge in [0.05, 0.1) is 5.41 Å². The van der Waals surface area contributed by atoms with Gasteiger partial charge < -0.3 is 5.73 Å². The van der Waals surface area contributed by atoms with E-state index in [1.807, 2.05) is 30.3 Å². The average molecular weight is 206 g/mol. The molecule has 4 nitrogen and oxygen atoms in total. The van der Waals surface area contributed by atoms with Gasteiger partial charge in [0.25, 0.3) is 0 Å². The van der Waals surface area contributed by atoms with Crippen molar-refractivity contribution in [2.75, 3.05) is 0 Å². The summed E-state index contributed by atoms with van der Waals surface area (Å²) < 4.78 is 0. The molecule has 0 saturated heterocycles. The van der Waals surface area contributed by atoms with E-state index in [0.717, 1.165) is 5.56 Å². The fourth-order valence-corrected chi connectivity index (χ4v) is 1.25. The fraction of sp³-hybridized carbons (Fsp3) is 0.273. The Balaban J connectivity index is 2.92. The summed E-state index contributed by atoms with van der Waals surface area (Å²) >= 11 is 0. The SMILES string of the molecule is CC(C)(C(=O)NC(N)=O)c1ccccc1. The fourth-order valence-electron chi connectivity index (χ4n) is 1.25. The number of nitrogens with one attached hydrogen (secondary N) is 1. The summed E-state index contributed by atoms with van der Waals surface area (Å²) in [6.07, 6.45) is 0. The van der Waals surface area contributed by atoms with Crippen LogP contribution in [-0.2, 0) is 10.2 Å². The van der Waals surface area contributed by atoms with Crippen molar-refractivity contribution < 1.29 is 9.59 Å². The van der Waals surface area contributed by atoms with Gasteiger partial charge in [-0.05, 0) is 19.4 Å². The highest BCUT2D eigenvalue weighted by molar-refractivity contribution is 5.99. The van der Waals surface area contributed by atoms with Gasteiger partial charge in [-0.1, -0.05) is 30.3 Å². The van der Waals surface area contributed by atoms with Crippen LogP contribution in [-0.4, -0.2) is 11.9 Å². The van der Waals surface area contributed by atoms with Crippen LogP contribution in [0.2, 0.25) is 0 Å². The molecule has 0 spiro atoms. The van der Waals surface area contributed by atoms with Crippen molar-refractivity contribution in [2.24, 2.45) is 5.73 Å². The molecular formula is C11H14N2O2. The number of benzene rings is 1. The molecule has 0 atom stereocenters. The van der Waals surface area contributed by atoms with Crippen molar-refractivity contribution in [3.63, 3.8) is 0 Å². The first-order chi connectivity index (χ1) is 6.94. The highest BCUT2D eigenvalue weighted by Crippen LogP contribution is 2.22. The van der Waals surface area contributed by atoms with Gasteiger partial charge in [0.1, 0.15) is 0 Å². The molecule has 0 bridgehead atoms. The van der Waals surface area contributed by atoms with E-state index in [9.17, 15) is 9.59 Å². The van der Waals surface area contributed by atoms with E-state index in [2.05, 4.69) is 5.32 Å². The zero-order valence-electron chi connectivity index (χ0n) is 8.78. The van der Waals surface area contributed by atoms with Crippen LogP contribution in [0.15, 0.2) is 30.3 Å². The summed E-state index contributed by atoms with van der Waals surface area (Å²) in [5.41, 5.74) is 4.97. The maximum atomic E-state index is 11.7. The Morgan fingerprint density at radius 2 is 1.73 bits per heavy atom. The zero-order valence-corrected chi connectivity index (χ0v) is 8.78. The largest absolute Gasteiger partial charge is 0.351 e. The first-order valence-corrected chi connectivity index (χ1v) is 4.61. The Morgan fingerprint density at radius 1 is 1.20 bits per heavy atom. The molecule has 0 aromatic heterocycles. The topological polar surface area (TPSA) is 72.2 Å². The second-order valence-corrected chi connectivity index (χ2v) is 3.81. The molecule has 1 rings (SSSR count). The minimum Gasteiger partial charge on any atom is -0.351 e. The Labute approximate surface area is 88.5 Å². The van der Waals surface area contributed by atoms with E-state index in [1.54, 1.807) is 13.8 Å². The van der Waals surface area contributed by atoms with E-state index in [1.165, 1.54) is 0 Å². The maximum Gasteiger partial charge on any atom is 0.318 e. The van der Waals surface area contributed by atoms with Gasteiger partial charge in [-0.25, -0.2) is 4.79 Å². The number of hydrogen-bond donors (Lipinski definition) is 2. The highest BCUT2D eigenvalue weighted by atomic mass is 16.2. The lowest BCUT2D eigenvalue weighted by Crippen LogP contribution is -2.45. The monoisotopic (exact) mass is 206 g/mol. The predicted molar refractivity (Wildman–Crippen MR) is 57.2 cm³/mol. The van der Waals surface area contributed by atoms with Gasteiger partial charge in [-0.3, -0.25) is 10.1 Å². The minimum atomic E-state index is -0.830. The summed E-state index contributed by atoms with van der Waals surface area (Å²) in [5, 5.41) is 2.08. The molecular weight excluding hydrogens is 192 g/mol. The van der Waals surface area contributed by atoms with Crippen molar-refractivity contribution in [1.82, 2.24) is 5.32 Å². The van der Waals surface area contributed by atoms with Crippen molar-refractivity contribution in [2.45, 2.75) is 19.3 Å². The second-order valence-electron chi connectivity index (χ2n) is 3.81. The summed E-state index contributed by atoms with van der Waals surface area (Å²) in [6, 6.07) is 8.39. The number of hydrogen-bond acceptors (Lipinski definition) is 2. The van der Waals surface area contributed by atoms with Gasteiger partial charge in [0.15, 0.2) is 0 Å². The summed E-state index contributed by atoms with van der Waals surface area (Å²) in [5.74, 6) is -0.402.